The zero-order valence-electron chi connectivity index (χ0n) is 8.47. The molecule has 13 heavy (non-hydrogen) atoms. The molecule has 0 bridgehead atoms. The lowest BCUT2D eigenvalue weighted by Gasteiger charge is -2.13. The third kappa shape index (κ3) is 7.52. The van der Waals surface area contributed by atoms with Gasteiger partial charge in [0.2, 0.25) is 0 Å². The highest BCUT2D eigenvalue weighted by Gasteiger charge is 2.05. The number of carbonyl (C=O) groups is 1. The third-order valence-electron chi connectivity index (χ3n) is 1.07. The Morgan fingerprint density at radius 1 is 1.08 bits per heavy atom. The molecule has 0 aliphatic heterocycles. The lowest BCUT2D eigenvalue weighted by molar-refractivity contribution is 0.243. The van der Waals surface area contributed by atoms with E-state index >= 15 is 0 Å². The van der Waals surface area contributed by atoms with E-state index < -0.39 is 0 Å². The Hall–Kier alpha value is -0.840. The van der Waals surface area contributed by atoms with Crippen LogP contribution in [0.15, 0.2) is 0 Å². The molecule has 3 N–H and O–H groups in total. The maximum absolute atomic E-state index is 11.1. The molecule has 2 amide bonds. The first-order chi connectivity index (χ1) is 5.91. The fraction of sp³-hybridized carbons (Fsp3) is 0.750. The first-order valence-corrected chi connectivity index (χ1v) is 4.70. The van der Waals surface area contributed by atoms with Crippen molar-refractivity contribution in [1.29, 1.82) is 0 Å². The summed E-state index contributed by atoms with van der Waals surface area (Å²) in [5, 5.41) is 8.44. The van der Waals surface area contributed by atoms with Crippen molar-refractivity contribution in [2.75, 3.05) is 0 Å². The molecule has 0 spiro atoms. The van der Waals surface area contributed by atoms with Gasteiger partial charge in [0.05, 0.1) is 0 Å². The van der Waals surface area contributed by atoms with E-state index in [1.807, 2.05) is 27.7 Å². The Morgan fingerprint density at radius 3 is 1.92 bits per heavy atom. The normalized spacial score (nSPS) is 10.0. The first kappa shape index (κ1) is 12.2. The van der Waals surface area contributed by atoms with E-state index in [2.05, 4.69) is 16.0 Å². The number of amides is 2. The fourth-order valence-electron chi connectivity index (χ4n) is 0.700. The van der Waals surface area contributed by atoms with Crippen LogP contribution in [0, 0.1) is 0 Å². The number of hydrogen-bond acceptors (Lipinski definition) is 2. The van der Waals surface area contributed by atoms with Gasteiger partial charge in [-0.25, -0.2) is 4.79 Å². The molecule has 0 aromatic rings. The van der Waals surface area contributed by atoms with Crippen LogP contribution in [0.3, 0.4) is 0 Å². The smallest absolute Gasteiger partial charge is 0.321 e. The van der Waals surface area contributed by atoms with E-state index in [4.69, 9.17) is 12.2 Å². The summed E-state index contributed by atoms with van der Waals surface area (Å²) < 4.78 is 0. The fourth-order valence-corrected chi connectivity index (χ4v) is 1.03. The number of thiocarbonyl (C=S) groups is 1. The van der Waals surface area contributed by atoms with Gasteiger partial charge in [0.15, 0.2) is 5.11 Å². The van der Waals surface area contributed by atoms with E-state index in [1.165, 1.54) is 0 Å². The molecule has 0 aromatic heterocycles. The van der Waals surface area contributed by atoms with Gasteiger partial charge in [-0.1, -0.05) is 0 Å². The summed E-state index contributed by atoms with van der Waals surface area (Å²) in [6.45, 7) is 7.68. The molecule has 0 atom stereocenters. The van der Waals surface area contributed by atoms with Crippen molar-refractivity contribution >= 4 is 23.4 Å². The van der Waals surface area contributed by atoms with Crippen molar-refractivity contribution < 1.29 is 4.79 Å². The van der Waals surface area contributed by atoms with Crippen molar-refractivity contribution in [2.24, 2.45) is 0 Å². The number of hydrogen-bond donors (Lipinski definition) is 3. The summed E-state index contributed by atoms with van der Waals surface area (Å²) in [4.78, 5) is 11.1. The maximum atomic E-state index is 11.1. The number of nitrogens with one attached hydrogen (secondary N) is 3. The molecule has 0 aliphatic rings. The summed E-state index contributed by atoms with van der Waals surface area (Å²) in [5.41, 5.74) is 0. The van der Waals surface area contributed by atoms with E-state index in [1.54, 1.807) is 0 Å². The summed E-state index contributed by atoms with van der Waals surface area (Å²) in [7, 11) is 0. The van der Waals surface area contributed by atoms with Crippen LogP contribution >= 0.6 is 12.2 Å². The van der Waals surface area contributed by atoms with Crippen molar-refractivity contribution in [3.05, 3.63) is 0 Å². The second-order valence-electron chi connectivity index (χ2n) is 3.38. The molecule has 0 radical (unpaired) electrons. The van der Waals surface area contributed by atoms with Gasteiger partial charge in [0, 0.05) is 12.1 Å². The van der Waals surface area contributed by atoms with Crippen molar-refractivity contribution in [3.8, 4) is 0 Å². The molecule has 5 heteroatoms. The Bertz CT molecular complexity index is 172. The topological polar surface area (TPSA) is 53.2 Å². The molecule has 0 saturated carbocycles. The Balaban J connectivity index is 3.72. The van der Waals surface area contributed by atoms with Crippen LogP contribution in [0.25, 0.3) is 0 Å². The van der Waals surface area contributed by atoms with Crippen molar-refractivity contribution in [3.63, 3.8) is 0 Å². The monoisotopic (exact) mass is 203 g/mol. The average molecular weight is 203 g/mol. The second kappa shape index (κ2) is 5.75. The van der Waals surface area contributed by atoms with Gasteiger partial charge < -0.3 is 10.6 Å². The third-order valence-corrected chi connectivity index (χ3v) is 1.29. The van der Waals surface area contributed by atoms with Gasteiger partial charge in [-0.15, -0.1) is 0 Å². The van der Waals surface area contributed by atoms with Crippen LogP contribution in [-0.4, -0.2) is 23.2 Å². The van der Waals surface area contributed by atoms with Crippen LogP contribution < -0.4 is 16.0 Å². The van der Waals surface area contributed by atoms with Gasteiger partial charge in [-0.05, 0) is 39.9 Å². The number of carbonyl (C=O) groups excluding carboxylic acids is 1. The molecule has 0 heterocycles. The van der Waals surface area contributed by atoms with Gasteiger partial charge >= 0.3 is 6.03 Å². The van der Waals surface area contributed by atoms with Crippen LogP contribution in [0.1, 0.15) is 27.7 Å². The van der Waals surface area contributed by atoms with Crippen LogP contribution in [-0.2, 0) is 0 Å². The summed E-state index contributed by atoms with van der Waals surface area (Å²) in [6, 6.07) is 0.0712. The predicted molar refractivity (Wildman–Crippen MR) is 57.7 cm³/mol. The lowest BCUT2D eigenvalue weighted by atomic mass is 10.4. The van der Waals surface area contributed by atoms with Crippen molar-refractivity contribution in [1.82, 2.24) is 16.0 Å². The molecular formula is C8H17N3OS. The standard InChI is InChI=1S/C8H17N3OS/c1-5(2)9-7(12)11-8(13)10-6(3)4/h5-6H,1-4H3,(H3,9,10,11,12,13). The molecule has 0 aromatic carbocycles. The Labute approximate surface area is 84.5 Å². The molecule has 0 fully saturated rings. The molecule has 0 rings (SSSR count). The van der Waals surface area contributed by atoms with E-state index in [0.717, 1.165) is 0 Å². The molecular weight excluding hydrogens is 186 g/mol. The SMILES string of the molecule is CC(C)NC(=O)NC(=S)NC(C)C. The molecule has 0 aliphatic carbocycles. The number of rotatable bonds is 2. The van der Waals surface area contributed by atoms with Crippen LogP contribution in [0.4, 0.5) is 4.79 Å². The lowest BCUT2D eigenvalue weighted by Crippen LogP contribution is -2.48. The molecule has 0 unspecified atom stereocenters. The summed E-state index contributed by atoms with van der Waals surface area (Å²) in [5.74, 6) is 0. The largest absolute Gasteiger partial charge is 0.360 e. The zero-order chi connectivity index (χ0) is 10.4. The van der Waals surface area contributed by atoms with Crippen LogP contribution in [0.2, 0.25) is 0 Å². The quantitative estimate of drug-likeness (QED) is 0.586. The molecule has 76 valence electrons. The predicted octanol–water partition coefficient (Wildman–Crippen LogP) is 0.977. The highest BCUT2D eigenvalue weighted by molar-refractivity contribution is 7.80. The molecule has 0 saturated heterocycles. The van der Waals surface area contributed by atoms with E-state index in [-0.39, 0.29) is 18.1 Å². The Morgan fingerprint density at radius 2 is 1.54 bits per heavy atom. The van der Waals surface area contributed by atoms with Gasteiger partial charge in [0.25, 0.3) is 0 Å². The minimum Gasteiger partial charge on any atom is -0.360 e. The Kier molecular flexibility index (Phi) is 5.37. The van der Waals surface area contributed by atoms with Gasteiger partial charge in [-0.3, -0.25) is 5.32 Å². The second-order valence-corrected chi connectivity index (χ2v) is 3.79. The van der Waals surface area contributed by atoms with Crippen molar-refractivity contribution in [2.45, 2.75) is 39.8 Å². The maximum Gasteiger partial charge on any atom is 0.321 e. The summed E-state index contributed by atoms with van der Waals surface area (Å²) >= 11 is 4.88. The van der Waals surface area contributed by atoms with Crippen LogP contribution in [0.5, 0.6) is 0 Å². The minimum atomic E-state index is -0.270. The average Bonchev–Trinajstić information content (AvgIpc) is 1.80. The summed E-state index contributed by atoms with van der Waals surface area (Å²) in [6.07, 6.45) is 0. The molecule has 4 nitrogen and oxygen atoms in total. The highest BCUT2D eigenvalue weighted by Crippen LogP contribution is 1.79. The first-order valence-electron chi connectivity index (χ1n) is 4.29. The van der Waals surface area contributed by atoms with Gasteiger partial charge in [-0.2, -0.15) is 0 Å². The minimum absolute atomic E-state index is 0.113. The van der Waals surface area contributed by atoms with Gasteiger partial charge in [0.1, 0.15) is 0 Å². The van der Waals surface area contributed by atoms with E-state index in [0.29, 0.717) is 5.11 Å². The zero-order valence-corrected chi connectivity index (χ0v) is 9.29. The number of urea groups is 1. The van der Waals surface area contributed by atoms with E-state index in [9.17, 15) is 4.79 Å². The highest BCUT2D eigenvalue weighted by atomic mass is 32.1.